The lowest BCUT2D eigenvalue weighted by Crippen LogP contribution is -2.29. The van der Waals surface area contributed by atoms with Gasteiger partial charge in [0.05, 0.1) is 0 Å². The highest BCUT2D eigenvalue weighted by molar-refractivity contribution is 5.39. The fourth-order valence-corrected chi connectivity index (χ4v) is 2.50. The predicted octanol–water partition coefficient (Wildman–Crippen LogP) is 4.06. The van der Waals surface area contributed by atoms with Crippen LogP contribution in [-0.2, 0) is 0 Å². The normalized spacial score (nSPS) is 14.9. The van der Waals surface area contributed by atoms with Crippen LogP contribution in [0.1, 0.15) is 55.5 Å². The van der Waals surface area contributed by atoms with E-state index in [1.807, 2.05) is 0 Å². The van der Waals surface area contributed by atoms with Crippen LogP contribution in [0.5, 0.6) is 0 Å². The van der Waals surface area contributed by atoms with Gasteiger partial charge in [-0.15, -0.1) is 0 Å². The third kappa shape index (κ3) is 3.08. The van der Waals surface area contributed by atoms with Gasteiger partial charge < -0.3 is 5.32 Å². The summed E-state index contributed by atoms with van der Waals surface area (Å²) in [5.41, 5.74) is 5.63. The highest BCUT2D eigenvalue weighted by Crippen LogP contribution is 2.23. The topological polar surface area (TPSA) is 12.0 Å². The lowest BCUT2D eigenvalue weighted by molar-refractivity contribution is 0.467. The Kier molecular flexibility index (Phi) is 4.55. The van der Waals surface area contributed by atoms with Gasteiger partial charge in [-0.2, -0.15) is 0 Å². The fraction of sp³-hybridized carbons (Fsp3) is 0.600. The SMILES string of the molecule is CCC(C)NC(C)c1c(C)cc(C)cc1C. The van der Waals surface area contributed by atoms with Crippen molar-refractivity contribution < 1.29 is 0 Å². The highest BCUT2D eigenvalue weighted by atomic mass is 14.9. The summed E-state index contributed by atoms with van der Waals surface area (Å²) in [5, 5.41) is 3.65. The van der Waals surface area contributed by atoms with Crippen molar-refractivity contribution in [2.75, 3.05) is 0 Å². The van der Waals surface area contributed by atoms with Crippen LogP contribution in [-0.4, -0.2) is 6.04 Å². The molecule has 1 nitrogen and oxygen atoms in total. The Bertz CT molecular complexity index is 331. The molecule has 0 saturated heterocycles. The molecule has 16 heavy (non-hydrogen) atoms. The number of hydrogen-bond acceptors (Lipinski definition) is 1. The molecule has 1 aromatic rings. The molecule has 0 amide bonds. The molecular weight excluding hydrogens is 194 g/mol. The minimum absolute atomic E-state index is 0.440. The van der Waals surface area contributed by atoms with Crippen LogP contribution in [0.2, 0.25) is 0 Å². The van der Waals surface area contributed by atoms with Crippen molar-refractivity contribution in [1.29, 1.82) is 0 Å². The molecule has 0 bridgehead atoms. The molecule has 1 rings (SSSR count). The maximum Gasteiger partial charge on any atom is 0.0299 e. The second-order valence-electron chi connectivity index (χ2n) is 5.01. The molecule has 0 heterocycles. The van der Waals surface area contributed by atoms with Crippen LogP contribution in [0, 0.1) is 20.8 Å². The number of hydrogen-bond donors (Lipinski definition) is 1. The minimum Gasteiger partial charge on any atom is -0.308 e. The van der Waals surface area contributed by atoms with E-state index in [0.29, 0.717) is 12.1 Å². The predicted molar refractivity (Wildman–Crippen MR) is 72.0 cm³/mol. The standard InChI is InChI=1S/C15H25N/c1-7-13(5)16-14(6)15-11(3)8-10(2)9-12(15)4/h8-9,13-14,16H,7H2,1-6H3. The lowest BCUT2D eigenvalue weighted by atomic mass is 9.94. The third-order valence-corrected chi connectivity index (χ3v) is 3.32. The van der Waals surface area contributed by atoms with Crippen molar-refractivity contribution in [2.24, 2.45) is 0 Å². The number of benzene rings is 1. The van der Waals surface area contributed by atoms with E-state index in [1.54, 1.807) is 0 Å². The van der Waals surface area contributed by atoms with Gasteiger partial charge in [-0.1, -0.05) is 24.6 Å². The van der Waals surface area contributed by atoms with Gasteiger partial charge in [-0.05, 0) is 57.7 Å². The molecule has 2 atom stereocenters. The van der Waals surface area contributed by atoms with E-state index < -0.39 is 0 Å². The lowest BCUT2D eigenvalue weighted by Gasteiger charge is -2.23. The van der Waals surface area contributed by atoms with E-state index in [2.05, 4.69) is 59.0 Å². The van der Waals surface area contributed by atoms with E-state index in [4.69, 9.17) is 0 Å². The van der Waals surface area contributed by atoms with Gasteiger partial charge in [0.15, 0.2) is 0 Å². The van der Waals surface area contributed by atoms with Crippen molar-refractivity contribution in [3.8, 4) is 0 Å². The zero-order chi connectivity index (χ0) is 12.3. The second-order valence-corrected chi connectivity index (χ2v) is 5.01. The molecule has 0 radical (unpaired) electrons. The molecule has 0 aliphatic rings. The monoisotopic (exact) mass is 219 g/mol. The molecule has 0 aromatic heterocycles. The summed E-state index contributed by atoms with van der Waals surface area (Å²) in [6.45, 7) is 13.3. The van der Waals surface area contributed by atoms with Crippen molar-refractivity contribution in [3.63, 3.8) is 0 Å². The van der Waals surface area contributed by atoms with Crippen molar-refractivity contribution in [3.05, 3.63) is 34.4 Å². The van der Waals surface area contributed by atoms with E-state index in [9.17, 15) is 0 Å². The Morgan fingerprint density at radius 3 is 2.00 bits per heavy atom. The largest absolute Gasteiger partial charge is 0.308 e. The molecule has 0 spiro atoms. The second kappa shape index (κ2) is 5.49. The first-order valence-electron chi connectivity index (χ1n) is 6.29. The first-order chi connectivity index (χ1) is 7.45. The van der Waals surface area contributed by atoms with Gasteiger partial charge in [0.25, 0.3) is 0 Å². The summed E-state index contributed by atoms with van der Waals surface area (Å²) in [5.74, 6) is 0. The molecule has 0 saturated carbocycles. The van der Waals surface area contributed by atoms with Crippen LogP contribution in [0.4, 0.5) is 0 Å². The van der Waals surface area contributed by atoms with Gasteiger partial charge >= 0.3 is 0 Å². The fourth-order valence-electron chi connectivity index (χ4n) is 2.50. The van der Waals surface area contributed by atoms with Crippen molar-refractivity contribution >= 4 is 0 Å². The average molecular weight is 219 g/mol. The Morgan fingerprint density at radius 1 is 1.06 bits per heavy atom. The van der Waals surface area contributed by atoms with Gasteiger partial charge in [0, 0.05) is 12.1 Å². The molecule has 2 unspecified atom stereocenters. The van der Waals surface area contributed by atoms with Gasteiger partial charge in [-0.3, -0.25) is 0 Å². The molecule has 90 valence electrons. The van der Waals surface area contributed by atoms with Crippen LogP contribution in [0.15, 0.2) is 12.1 Å². The molecule has 0 aliphatic carbocycles. The number of rotatable bonds is 4. The zero-order valence-corrected chi connectivity index (χ0v) is 11.5. The van der Waals surface area contributed by atoms with Crippen molar-refractivity contribution in [1.82, 2.24) is 5.32 Å². The van der Waals surface area contributed by atoms with Crippen LogP contribution >= 0.6 is 0 Å². The number of nitrogens with one attached hydrogen (secondary N) is 1. The van der Waals surface area contributed by atoms with E-state index >= 15 is 0 Å². The van der Waals surface area contributed by atoms with Gasteiger partial charge in [-0.25, -0.2) is 0 Å². The first-order valence-corrected chi connectivity index (χ1v) is 6.29. The number of aryl methyl sites for hydroxylation is 3. The smallest absolute Gasteiger partial charge is 0.0299 e. The first kappa shape index (κ1) is 13.2. The quantitative estimate of drug-likeness (QED) is 0.805. The maximum absolute atomic E-state index is 3.65. The molecule has 0 fully saturated rings. The Morgan fingerprint density at radius 2 is 1.56 bits per heavy atom. The summed E-state index contributed by atoms with van der Waals surface area (Å²) >= 11 is 0. The zero-order valence-electron chi connectivity index (χ0n) is 11.5. The third-order valence-electron chi connectivity index (χ3n) is 3.32. The van der Waals surface area contributed by atoms with E-state index in [-0.39, 0.29) is 0 Å². The highest BCUT2D eigenvalue weighted by Gasteiger charge is 2.13. The summed E-state index contributed by atoms with van der Waals surface area (Å²) in [6.07, 6.45) is 1.17. The van der Waals surface area contributed by atoms with Crippen LogP contribution < -0.4 is 5.32 Å². The summed E-state index contributed by atoms with van der Waals surface area (Å²) in [6, 6.07) is 5.57. The maximum atomic E-state index is 3.65. The van der Waals surface area contributed by atoms with E-state index in [1.165, 1.54) is 28.7 Å². The molecule has 1 N–H and O–H groups in total. The minimum atomic E-state index is 0.440. The summed E-state index contributed by atoms with van der Waals surface area (Å²) < 4.78 is 0. The summed E-state index contributed by atoms with van der Waals surface area (Å²) in [4.78, 5) is 0. The Balaban J connectivity index is 2.95. The summed E-state index contributed by atoms with van der Waals surface area (Å²) in [7, 11) is 0. The molecule has 1 aromatic carbocycles. The van der Waals surface area contributed by atoms with Crippen LogP contribution in [0.3, 0.4) is 0 Å². The van der Waals surface area contributed by atoms with Crippen molar-refractivity contribution in [2.45, 2.75) is 60.0 Å². The molecular formula is C15H25N. The van der Waals surface area contributed by atoms with Gasteiger partial charge in [0.2, 0.25) is 0 Å². The van der Waals surface area contributed by atoms with E-state index in [0.717, 1.165) is 0 Å². The Hall–Kier alpha value is -0.820. The molecule has 0 aliphatic heterocycles. The van der Waals surface area contributed by atoms with Crippen LogP contribution in [0.25, 0.3) is 0 Å². The van der Waals surface area contributed by atoms with Gasteiger partial charge in [0.1, 0.15) is 0 Å². The molecule has 1 heteroatoms. The average Bonchev–Trinajstić information content (AvgIpc) is 2.15. The Labute approximate surface area is 100 Å².